The zero-order chi connectivity index (χ0) is 34.3. The first-order chi connectivity index (χ1) is 23.2. The van der Waals surface area contributed by atoms with Crippen molar-refractivity contribution in [1.29, 1.82) is 0 Å². The van der Waals surface area contributed by atoms with Crippen molar-refractivity contribution < 1.29 is 15.0 Å². The van der Waals surface area contributed by atoms with Gasteiger partial charge in [0.05, 0.1) is 18.8 Å². The fourth-order valence-corrected chi connectivity index (χ4v) is 6.71. The third-order valence-corrected chi connectivity index (χ3v) is 10.0. The molecule has 0 aliphatic carbocycles. The number of rotatable bonds is 39. The maximum atomic E-state index is 12.4. The van der Waals surface area contributed by atoms with E-state index < -0.39 is 12.1 Å². The van der Waals surface area contributed by atoms with E-state index in [9.17, 15) is 15.0 Å². The Kier molecular flexibility index (Phi) is 38.8. The molecule has 0 aliphatic rings. The van der Waals surface area contributed by atoms with Gasteiger partial charge in [-0.3, -0.25) is 4.79 Å². The first-order valence-electron chi connectivity index (χ1n) is 21.4. The van der Waals surface area contributed by atoms with Crippen LogP contribution < -0.4 is 5.32 Å². The van der Waals surface area contributed by atoms with Crippen LogP contribution in [0.5, 0.6) is 0 Å². The van der Waals surface area contributed by atoms with Crippen LogP contribution in [0, 0.1) is 0 Å². The van der Waals surface area contributed by atoms with Crippen molar-refractivity contribution in [1.82, 2.24) is 5.32 Å². The van der Waals surface area contributed by atoms with Crippen LogP contribution in [0.2, 0.25) is 0 Å². The standard InChI is InChI=1S/C43H85NO3/c1-3-5-7-9-11-13-15-17-18-19-20-21-22-23-24-25-27-29-31-33-35-37-39-43(47)44-41(40-45)42(46)38-36-34-32-30-28-26-16-14-12-10-8-6-4-2/h36,38,41-42,45-46H,3-35,37,39-40H2,1-2H3,(H,44,47). The van der Waals surface area contributed by atoms with E-state index in [0.717, 1.165) is 25.7 Å². The van der Waals surface area contributed by atoms with Crippen molar-refractivity contribution in [3.05, 3.63) is 12.2 Å². The fraction of sp³-hybridized carbons (Fsp3) is 0.930. The van der Waals surface area contributed by atoms with Gasteiger partial charge in [-0.05, 0) is 19.3 Å². The van der Waals surface area contributed by atoms with Crippen molar-refractivity contribution in [3.63, 3.8) is 0 Å². The zero-order valence-corrected chi connectivity index (χ0v) is 32.1. The highest BCUT2D eigenvalue weighted by Crippen LogP contribution is 2.16. The Morgan fingerprint density at radius 1 is 0.489 bits per heavy atom. The second-order valence-electron chi connectivity index (χ2n) is 14.8. The fourth-order valence-electron chi connectivity index (χ4n) is 6.71. The predicted octanol–water partition coefficient (Wildman–Crippen LogP) is 13.1. The molecule has 47 heavy (non-hydrogen) atoms. The highest BCUT2D eigenvalue weighted by atomic mass is 16.3. The Morgan fingerprint density at radius 3 is 1.11 bits per heavy atom. The number of carbonyl (C=O) groups is 1. The van der Waals surface area contributed by atoms with E-state index in [1.165, 1.54) is 193 Å². The lowest BCUT2D eigenvalue weighted by molar-refractivity contribution is -0.123. The maximum absolute atomic E-state index is 12.4. The van der Waals surface area contributed by atoms with Gasteiger partial charge in [0.1, 0.15) is 0 Å². The van der Waals surface area contributed by atoms with Gasteiger partial charge in [0.15, 0.2) is 0 Å². The molecule has 2 unspecified atom stereocenters. The Hall–Kier alpha value is -0.870. The molecule has 4 heteroatoms. The molecule has 0 bridgehead atoms. The van der Waals surface area contributed by atoms with Crippen LogP contribution in [-0.2, 0) is 4.79 Å². The summed E-state index contributed by atoms with van der Waals surface area (Å²) in [7, 11) is 0. The number of hydrogen-bond donors (Lipinski definition) is 3. The monoisotopic (exact) mass is 664 g/mol. The molecule has 280 valence electrons. The SMILES string of the molecule is CCCCCCCCCCCCCC=CC(O)C(CO)NC(=O)CCCCCCCCCCCCCCCCCCCCCCCC. The summed E-state index contributed by atoms with van der Waals surface area (Å²) < 4.78 is 0. The molecule has 0 heterocycles. The van der Waals surface area contributed by atoms with Crippen molar-refractivity contribution >= 4 is 5.91 Å². The second-order valence-corrected chi connectivity index (χ2v) is 14.8. The van der Waals surface area contributed by atoms with E-state index >= 15 is 0 Å². The molecule has 0 aromatic carbocycles. The molecule has 0 fully saturated rings. The Morgan fingerprint density at radius 2 is 0.787 bits per heavy atom. The van der Waals surface area contributed by atoms with Crippen molar-refractivity contribution in [2.45, 2.75) is 251 Å². The first-order valence-corrected chi connectivity index (χ1v) is 21.4. The quantitative estimate of drug-likeness (QED) is 0.0453. The maximum Gasteiger partial charge on any atom is 0.220 e. The summed E-state index contributed by atoms with van der Waals surface area (Å²) in [6.07, 6.45) is 48.9. The summed E-state index contributed by atoms with van der Waals surface area (Å²) in [5.74, 6) is -0.0602. The van der Waals surface area contributed by atoms with E-state index in [-0.39, 0.29) is 12.5 Å². The highest BCUT2D eigenvalue weighted by Gasteiger charge is 2.17. The van der Waals surface area contributed by atoms with Crippen molar-refractivity contribution in [2.75, 3.05) is 6.61 Å². The van der Waals surface area contributed by atoms with Gasteiger partial charge < -0.3 is 15.5 Å². The van der Waals surface area contributed by atoms with E-state index in [4.69, 9.17) is 0 Å². The smallest absolute Gasteiger partial charge is 0.220 e. The minimum Gasteiger partial charge on any atom is -0.394 e. The van der Waals surface area contributed by atoms with Crippen LogP contribution in [0.15, 0.2) is 12.2 Å². The van der Waals surface area contributed by atoms with Crippen molar-refractivity contribution in [3.8, 4) is 0 Å². The van der Waals surface area contributed by atoms with Gasteiger partial charge >= 0.3 is 0 Å². The summed E-state index contributed by atoms with van der Waals surface area (Å²) in [5.41, 5.74) is 0. The molecule has 0 saturated heterocycles. The molecule has 0 rings (SSSR count). The molecule has 0 spiro atoms. The Bertz CT molecular complexity index is 637. The van der Waals surface area contributed by atoms with E-state index in [1.54, 1.807) is 6.08 Å². The zero-order valence-electron chi connectivity index (χ0n) is 32.1. The Labute approximate surface area is 295 Å². The number of aliphatic hydroxyl groups excluding tert-OH is 2. The number of nitrogens with one attached hydrogen (secondary N) is 1. The van der Waals surface area contributed by atoms with Gasteiger partial charge in [-0.25, -0.2) is 0 Å². The average Bonchev–Trinajstić information content (AvgIpc) is 3.07. The summed E-state index contributed by atoms with van der Waals surface area (Å²) in [6, 6.07) is -0.615. The van der Waals surface area contributed by atoms with Gasteiger partial charge in [0.2, 0.25) is 5.91 Å². The van der Waals surface area contributed by atoms with Crippen LogP contribution in [-0.4, -0.2) is 34.9 Å². The minimum atomic E-state index is -0.832. The van der Waals surface area contributed by atoms with Crippen LogP contribution in [0.3, 0.4) is 0 Å². The molecular weight excluding hydrogens is 578 g/mol. The topological polar surface area (TPSA) is 69.6 Å². The van der Waals surface area contributed by atoms with Crippen LogP contribution >= 0.6 is 0 Å². The van der Waals surface area contributed by atoms with Gasteiger partial charge in [-0.1, -0.05) is 225 Å². The van der Waals surface area contributed by atoms with Crippen LogP contribution in [0.25, 0.3) is 0 Å². The molecule has 0 aromatic heterocycles. The molecule has 4 nitrogen and oxygen atoms in total. The van der Waals surface area contributed by atoms with Crippen LogP contribution in [0.1, 0.15) is 239 Å². The van der Waals surface area contributed by atoms with Gasteiger partial charge in [-0.15, -0.1) is 0 Å². The third-order valence-electron chi connectivity index (χ3n) is 10.0. The van der Waals surface area contributed by atoms with E-state index in [2.05, 4.69) is 19.2 Å². The molecule has 1 amide bonds. The lowest BCUT2D eigenvalue weighted by atomic mass is 10.0. The summed E-state index contributed by atoms with van der Waals surface area (Å²) in [5, 5.41) is 23.0. The summed E-state index contributed by atoms with van der Waals surface area (Å²) >= 11 is 0. The third kappa shape index (κ3) is 36.2. The normalized spacial score (nSPS) is 13.0. The number of hydrogen-bond acceptors (Lipinski definition) is 3. The molecule has 0 aromatic rings. The second kappa shape index (κ2) is 39.6. The number of amides is 1. The van der Waals surface area contributed by atoms with Crippen molar-refractivity contribution in [2.24, 2.45) is 0 Å². The number of aliphatic hydroxyl groups is 2. The molecule has 0 radical (unpaired) electrons. The lowest BCUT2D eigenvalue weighted by Gasteiger charge is -2.20. The Balaban J connectivity index is 3.50. The molecule has 2 atom stereocenters. The molecule has 0 aliphatic heterocycles. The average molecular weight is 664 g/mol. The van der Waals surface area contributed by atoms with Gasteiger partial charge in [-0.2, -0.15) is 0 Å². The van der Waals surface area contributed by atoms with E-state index in [1.807, 2.05) is 6.08 Å². The lowest BCUT2D eigenvalue weighted by Crippen LogP contribution is -2.45. The minimum absolute atomic E-state index is 0.0602. The highest BCUT2D eigenvalue weighted by molar-refractivity contribution is 5.76. The first kappa shape index (κ1) is 46.1. The van der Waals surface area contributed by atoms with Crippen LogP contribution in [0.4, 0.5) is 0 Å². The number of unbranched alkanes of at least 4 members (excludes halogenated alkanes) is 32. The number of allylic oxidation sites excluding steroid dienone is 1. The van der Waals surface area contributed by atoms with E-state index in [0.29, 0.717) is 6.42 Å². The molecular formula is C43H85NO3. The van der Waals surface area contributed by atoms with Gasteiger partial charge in [0.25, 0.3) is 0 Å². The summed E-state index contributed by atoms with van der Waals surface area (Å²) in [6.45, 7) is 4.32. The largest absolute Gasteiger partial charge is 0.394 e. The van der Waals surface area contributed by atoms with Gasteiger partial charge in [0, 0.05) is 6.42 Å². The molecule has 3 N–H and O–H groups in total. The number of carbonyl (C=O) groups excluding carboxylic acids is 1. The molecule has 0 saturated carbocycles. The summed E-state index contributed by atoms with van der Waals surface area (Å²) in [4.78, 5) is 12.4. The predicted molar refractivity (Wildman–Crippen MR) is 207 cm³/mol.